The number of nitrogens with one attached hydrogen (secondary N) is 1. The molecule has 148 valence electrons. The van der Waals surface area contributed by atoms with E-state index < -0.39 is 0 Å². The minimum Gasteiger partial charge on any atom is -0.383 e. The maximum Gasteiger partial charge on any atom is 0.225 e. The zero-order valence-corrected chi connectivity index (χ0v) is 17.1. The second-order valence-corrected chi connectivity index (χ2v) is 7.12. The summed E-state index contributed by atoms with van der Waals surface area (Å²) in [4.78, 5) is 9.20. The van der Waals surface area contributed by atoms with Crippen LogP contribution in [0, 0.1) is 0 Å². The van der Waals surface area contributed by atoms with E-state index >= 15 is 0 Å². The lowest BCUT2D eigenvalue weighted by Crippen LogP contribution is -2.10. The largest absolute Gasteiger partial charge is 0.383 e. The van der Waals surface area contributed by atoms with Crippen molar-refractivity contribution in [2.24, 2.45) is 0 Å². The number of benzene rings is 2. The van der Waals surface area contributed by atoms with Crippen molar-refractivity contribution in [1.29, 1.82) is 0 Å². The molecule has 0 aliphatic heterocycles. The van der Waals surface area contributed by atoms with Gasteiger partial charge in [0, 0.05) is 24.2 Å². The van der Waals surface area contributed by atoms with Gasteiger partial charge in [-0.15, -0.1) is 5.10 Å². The van der Waals surface area contributed by atoms with Gasteiger partial charge in [-0.3, -0.25) is 0 Å². The van der Waals surface area contributed by atoms with E-state index in [-0.39, 0.29) is 0 Å². The summed E-state index contributed by atoms with van der Waals surface area (Å²) in [5.74, 6) is 0.819. The number of hydrogen-bond acceptors (Lipinski definition) is 6. The molecule has 0 radical (unpaired) electrons. The SMILES string of the molecule is COCCNc1nc(-c2cccc(Cl)c2)c2c(N)n(-c3ccccc3Cl)nc2n1. The van der Waals surface area contributed by atoms with Crippen molar-refractivity contribution < 1.29 is 4.74 Å². The molecule has 0 unspecified atom stereocenters. The summed E-state index contributed by atoms with van der Waals surface area (Å²) in [6.45, 7) is 1.07. The van der Waals surface area contributed by atoms with Gasteiger partial charge in [-0.1, -0.05) is 47.5 Å². The molecule has 2 heterocycles. The molecule has 4 aromatic rings. The number of nitrogen functional groups attached to an aromatic ring is 1. The van der Waals surface area contributed by atoms with Crippen LogP contribution in [-0.2, 0) is 4.74 Å². The summed E-state index contributed by atoms with van der Waals surface area (Å²) in [5, 5.41) is 9.50. The van der Waals surface area contributed by atoms with Gasteiger partial charge in [0.05, 0.1) is 28.4 Å². The number of ether oxygens (including phenoxy) is 1. The highest BCUT2D eigenvalue weighted by molar-refractivity contribution is 6.32. The molecular weight excluding hydrogens is 411 g/mol. The van der Waals surface area contributed by atoms with Crippen LogP contribution in [0.4, 0.5) is 11.8 Å². The lowest BCUT2D eigenvalue weighted by Gasteiger charge is -2.09. The molecule has 0 atom stereocenters. The first-order valence-electron chi connectivity index (χ1n) is 8.88. The van der Waals surface area contributed by atoms with Crippen LogP contribution in [0.15, 0.2) is 48.5 Å². The third-order valence-electron chi connectivity index (χ3n) is 4.34. The number of rotatable bonds is 6. The number of halogens is 2. The molecule has 0 aliphatic rings. The highest BCUT2D eigenvalue weighted by atomic mass is 35.5. The average Bonchev–Trinajstić information content (AvgIpc) is 3.04. The second kappa shape index (κ2) is 8.24. The number of hydrogen-bond donors (Lipinski definition) is 2. The van der Waals surface area contributed by atoms with Gasteiger partial charge in [-0.2, -0.15) is 4.98 Å². The Hall–Kier alpha value is -2.87. The molecule has 7 nitrogen and oxygen atoms in total. The number of fused-ring (bicyclic) bond motifs is 1. The Balaban J connectivity index is 1.94. The summed E-state index contributed by atoms with van der Waals surface area (Å²) < 4.78 is 6.66. The van der Waals surface area contributed by atoms with Gasteiger partial charge in [-0.25, -0.2) is 9.67 Å². The number of aromatic nitrogens is 4. The highest BCUT2D eigenvalue weighted by Crippen LogP contribution is 2.34. The van der Waals surface area contributed by atoms with E-state index in [1.807, 2.05) is 36.4 Å². The van der Waals surface area contributed by atoms with E-state index in [0.717, 1.165) is 5.56 Å². The molecule has 0 fully saturated rings. The number of nitrogens with zero attached hydrogens (tertiary/aromatic N) is 4. The first-order valence-corrected chi connectivity index (χ1v) is 9.64. The topological polar surface area (TPSA) is 90.9 Å². The van der Waals surface area contributed by atoms with Crippen LogP contribution in [0.25, 0.3) is 28.0 Å². The standard InChI is InChI=1S/C20H18Cl2N6O/c1-29-10-9-24-20-25-17(12-5-4-6-13(21)11-12)16-18(23)28(27-19(16)26-20)15-8-3-2-7-14(15)22/h2-8,11H,9-10,23H2,1H3,(H,24,26,27). The van der Waals surface area contributed by atoms with Crippen LogP contribution in [-0.4, -0.2) is 40.0 Å². The molecular formula is C20H18Cl2N6O. The molecule has 2 aromatic heterocycles. The zero-order chi connectivity index (χ0) is 20.4. The number of anilines is 2. The lowest BCUT2D eigenvalue weighted by molar-refractivity contribution is 0.210. The fourth-order valence-corrected chi connectivity index (χ4v) is 3.41. The fourth-order valence-electron chi connectivity index (χ4n) is 3.01. The molecule has 0 aliphatic carbocycles. The Morgan fingerprint density at radius 2 is 1.93 bits per heavy atom. The van der Waals surface area contributed by atoms with E-state index in [4.69, 9.17) is 33.7 Å². The van der Waals surface area contributed by atoms with E-state index in [0.29, 0.717) is 57.4 Å². The Bertz CT molecular complexity index is 1180. The summed E-state index contributed by atoms with van der Waals surface area (Å²) >= 11 is 12.6. The third kappa shape index (κ3) is 3.85. The van der Waals surface area contributed by atoms with Gasteiger partial charge in [-0.05, 0) is 24.3 Å². The second-order valence-electron chi connectivity index (χ2n) is 6.27. The molecule has 29 heavy (non-hydrogen) atoms. The molecule has 0 saturated heterocycles. The van der Waals surface area contributed by atoms with Gasteiger partial charge in [0.2, 0.25) is 5.95 Å². The Labute approximate surface area is 177 Å². The Kier molecular flexibility index (Phi) is 5.53. The molecule has 3 N–H and O–H groups in total. The van der Waals surface area contributed by atoms with E-state index in [1.54, 1.807) is 23.9 Å². The smallest absolute Gasteiger partial charge is 0.225 e. The minimum atomic E-state index is 0.395. The fraction of sp³-hybridized carbons (Fsp3) is 0.150. The van der Waals surface area contributed by atoms with Crippen LogP contribution in [0.1, 0.15) is 0 Å². The van der Waals surface area contributed by atoms with Crippen LogP contribution < -0.4 is 11.1 Å². The molecule has 0 bridgehead atoms. The number of methoxy groups -OCH3 is 1. The quantitative estimate of drug-likeness (QED) is 0.441. The first kappa shape index (κ1) is 19.4. The van der Waals surface area contributed by atoms with Crippen molar-refractivity contribution in [3.63, 3.8) is 0 Å². The first-order chi connectivity index (χ1) is 14.1. The number of nitrogens with two attached hydrogens (primary N) is 1. The van der Waals surface area contributed by atoms with Crippen LogP contribution in [0.3, 0.4) is 0 Å². The van der Waals surface area contributed by atoms with Crippen LogP contribution >= 0.6 is 23.2 Å². The molecule has 0 spiro atoms. The van der Waals surface area contributed by atoms with E-state index in [2.05, 4.69) is 20.4 Å². The summed E-state index contributed by atoms with van der Waals surface area (Å²) in [7, 11) is 1.63. The summed E-state index contributed by atoms with van der Waals surface area (Å²) in [6.07, 6.45) is 0. The third-order valence-corrected chi connectivity index (χ3v) is 4.89. The average molecular weight is 429 g/mol. The predicted molar refractivity (Wildman–Crippen MR) is 117 cm³/mol. The number of para-hydroxylation sites is 1. The Morgan fingerprint density at radius 1 is 1.10 bits per heavy atom. The van der Waals surface area contributed by atoms with Crippen LogP contribution in [0.2, 0.25) is 10.0 Å². The van der Waals surface area contributed by atoms with Crippen molar-refractivity contribution in [2.75, 3.05) is 31.3 Å². The summed E-state index contributed by atoms with van der Waals surface area (Å²) in [6, 6.07) is 14.7. The zero-order valence-electron chi connectivity index (χ0n) is 15.6. The van der Waals surface area contributed by atoms with Gasteiger partial charge >= 0.3 is 0 Å². The van der Waals surface area contributed by atoms with Crippen molar-refractivity contribution in [1.82, 2.24) is 19.7 Å². The maximum absolute atomic E-state index is 6.48. The molecule has 2 aromatic carbocycles. The van der Waals surface area contributed by atoms with Crippen molar-refractivity contribution in [2.45, 2.75) is 0 Å². The monoisotopic (exact) mass is 428 g/mol. The van der Waals surface area contributed by atoms with Gasteiger partial charge < -0.3 is 15.8 Å². The van der Waals surface area contributed by atoms with E-state index in [1.165, 1.54) is 0 Å². The van der Waals surface area contributed by atoms with Crippen LogP contribution in [0.5, 0.6) is 0 Å². The van der Waals surface area contributed by atoms with Crippen molar-refractivity contribution in [3.05, 3.63) is 58.6 Å². The highest BCUT2D eigenvalue weighted by Gasteiger charge is 2.20. The van der Waals surface area contributed by atoms with Crippen molar-refractivity contribution >= 4 is 46.0 Å². The Morgan fingerprint density at radius 3 is 2.69 bits per heavy atom. The minimum absolute atomic E-state index is 0.395. The van der Waals surface area contributed by atoms with Gasteiger partial charge in [0.1, 0.15) is 5.82 Å². The molecule has 0 amide bonds. The van der Waals surface area contributed by atoms with Gasteiger partial charge in [0.15, 0.2) is 5.65 Å². The molecule has 9 heteroatoms. The maximum atomic E-state index is 6.48. The van der Waals surface area contributed by atoms with Crippen molar-refractivity contribution in [3.8, 4) is 16.9 Å². The van der Waals surface area contributed by atoms with E-state index in [9.17, 15) is 0 Å². The summed E-state index contributed by atoms with van der Waals surface area (Å²) in [5.41, 5.74) is 9.03. The molecule has 0 saturated carbocycles. The normalized spacial score (nSPS) is 11.1. The van der Waals surface area contributed by atoms with Gasteiger partial charge in [0.25, 0.3) is 0 Å². The predicted octanol–water partition coefficient (Wildman–Crippen LogP) is 4.43. The lowest BCUT2D eigenvalue weighted by atomic mass is 10.1. The molecule has 4 rings (SSSR count).